The number of aromatic carboxylic acids is 1. The number of nitrogens with one attached hydrogen (secondary N) is 1. The summed E-state index contributed by atoms with van der Waals surface area (Å²) >= 11 is 6.32. The zero-order chi connectivity index (χ0) is 15.2. The van der Waals surface area contributed by atoms with Crippen molar-refractivity contribution in [2.75, 3.05) is 0 Å². The Morgan fingerprint density at radius 3 is 2.81 bits per heavy atom. The zero-order valence-corrected chi connectivity index (χ0v) is 14.2. The van der Waals surface area contributed by atoms with Crippen LogP contribution in [0.3, 0.4) is 0 Å². The number of carbonyl (C=O) groups excluding carboxylic acids is 1. The summed E-state index contributed by atoms with van der Waals surface area (Å²) in [5.41, 5.74) is 0.0209. The minimum Gasteiger partial charge on any atom is -0.476 e. The summed E-state index contributed by atoms with van der Waals surface area (Å²) in [6.07, 6.45) is 2.12. The lowest BCUT2D eigenvalue weighted by Gasteiger charge is -2.02. The summed E-state index contributed by atoms with van der Waals surface area (Å²) < 4.78 is 1.10. The van der Waals surface area contributed by atoms with Crippen molar-refractivity contribution in [2.45, 2.75) is 25.8 Å². The molecule has 112 valence electrons. The van der Waals surface area contributed by atoms with Gasteiger partial charge in [0.05, 0.1) is 10.3 Å². The van der Waals surface area contributed by atoms with Crippen LogP contribution >= 0.6 is 38.6 Å². The highest BCUT2D eigenvalue weighted by atomic mass is 79.9. The van der Waals surface area contributed by atoms with Crippen LogP contribution < -0.4 is 5.32 Å². The Morgan fingerprint density at radius 2 is 2.19 bits per heavy atom. The summed E-state index contributed by atoms with van der Waals surface area (Å²) in [4.78, 5) is 27.5. The molecule has 0 aromatic carbocycles. The molecule has 2 N–H and O–H groups in total. The minimum atomic E-state index is -1.05. The van der Waals surface area contributed by atoms with E-state index in [2.05, 4.69) is 32.3 Å². The van der Waals surface area contributed by atoms with Gasteiger partial charge in [-0.2, -0.15) is 0 Å². The van der Waals surface area contributed by atoms with Gasteiger partial charge in [0, 0.05) is 16.7 Å². The van der Waals surface area contributed by atoms with Gasteiger partial charge in [-0.15, -0.1) is 22.7 Å². The van der Waals surface area contributed by atoms with Crippen molar-refractivity contribution in [1.82, 2.24) is 10.3 Å². The maximum atomic E-state index is 11.7. The van der Waals surface area contributed by atoms with Crippen molar-refractivity contribution >= 4 is 50.5 Å². The predicted octanol–water partition coefficient (Wildman–Crippen LogP) is 3.30. The summed E-state index contributed by atoms with van der Waals surface area (Å²) in [7, 11) is 0. The standard InChI is InChI=1S/C13H13BrN2O3S2/c14-10-5-4-8(21-10)2-1-3-11(17)15-6-12-16-9(7-20-12)13(18)19/h4-5,7H,1-3,6H2,(H,15,17)(H,18,19). The molecule has 0 bridgehead atoms. The number of hydrogen-bond acceptors (Lipinski definition) is 5. The third-order valence-corrected chi connectivity index (χ3v) is 5.20. The number of amides is 1. The summed E-state index contributed by atoms with van der Waals surface area (Å²) in [6, 6.07) is 4.05. The number of halogens is 1. The SMILES string of the molecule is O=C(CCCc1ccc(Br)s1)NCc1nc(C(=O)O)cs1. The van der Waals surface area contributed by atoms with Crippen LogP contribution in [0.2, 0.25) is 0 Å². The van der Waals surface area contributed by atoms with Crippen LogP contribution in [0.25, 0.3) is 0 Å². The highest BCUT2D eigenvalue weighted by Gasteiger charge is 2.09. The van der Waals surface area contributed by atoms with E-state index in [4.69, 9.17) is 5.11 Å². The molecule has 0 atom stereocenters. The molecule has 0 saturated carbocycles. The Balaban J connectivity index is 1.68. The van der Waals surface area contributed by atoms with E-state index in [0.717, 1.165) is 16.6 Å². The van der Waals surface area contributed by atoms with E-state index < -0.39 is 5.97 Å². The minimum absolute atomic E-state index is 0.0209. The van der Waals surface area contributed by atoms with Gasteiger partial charge in [0.1, 0.15) is 5.01 Å². The average Bonchev–Trinajstić information content (AvgIpc) is 3.05. The average molecular weight is 389 g/mol. The molecule has 0 fully saturated rings. The van der Waals surface area contributed by atoms with E-state index in [1.54, 1.807) is 11.3 Å². The Labute approximate surface area is 138 Å². The van der Waals surface area contributed by atoms with Crippen molar-refractivity contribution in [3.63, 3.8) is 0 Å². The number of aryl methyl sites for hydroxylation is 1. The second kappa shape index (κ2) is 7.67. The molecule has 2 aromatic heterocycles. The summed E-state index contributed by atoms with van der Waals surface area (Å²) in [5.74, 6) is -1.09. The van der Waals surface area contributed by atoms with Gasteiger partial charge in [-0.05, 0) is 40.9 Å². The molecule has 21 heavy (non-hydrogen) atoms. The first-order chi connectivity index (χ1) is 10.0. The molecule has 0 saturated heterocycles. The lowest BCUT2D eigenvalue weighted by molar-refractivity contribution is -0.121. The molecule has 1 amide bonds. The van der Waals surface area contributed by atoms with Gasteiger partial charge < -0.3 is 10.4 Å². The molecule has 0 aliphatic heterocycles. The molecule has 2 aromatic rings. The predicted molar refractivity (Wildman–Crippen MR) is 85.9 cm³/mol. The molecule has 0 aliphatic carbocycles. The molecule has 0 radical (unpaired) electrons. The lowest BCUT2D eigenvalue weighted by Crippen LogP contribution is -2.22. The van der Waals surface area contributed by atoms with Crippen LogP contribution in [0.15, 0.2) is 21.3 Å². The fraction of sp³-hybridized carbons (Fsp3) is 0.308. The maximum Gasteiger partial charge on any atom is 0.355 e. The van der Waals surface area contributed by atoms with Crippen LogP contribution in [0, 0.1) is 0 Å². The van der Waals surface area contributed by atoms with Crippen molar-refractivity contribution in [1.29, 1.82) is 0 Å². The Morgan fingerprint density at radius 1 is 1.38 bits per heavy atom. The van der Waals surface area contributed by atoms with Crippen molar-refractivity contribution in [3.8, 4) is 0 Å². The van der Waals surface area contributed by atoms with Crippen LogP contribution in [0.5, 0.6) is 0 Å². The third kappa shape index (κ3) is 5.22. The molecular weight excluding hydrogens is 376 g/mol. The monoisotopic (exact) mass is 388 g/mol. The quantitative estimate of drug-likeness (QED) is 0.762. The fourth-order valence-corrected chi connectivity index (χ4v) is 3.89. The van der Waals surface area contributed by atoms with Gasteiger partial charge in [-0.3, -0.25) is 4.79 Å². The van der Waals surface area contributed by atoms with Gasteiger partial charge in [0.2, 0.25) is 5.91 Å². The van der Waals surface area contributed by atoms with E-state index in [1.807, 2.05) is 6.07 Å². The van der Waals surface area contributed by atoms with E-state index >= 15 is 0 Å². The highest BCUT2D eigenvalue weighted by Crippen LogP contribution is 2.23. The fourth-order valence-electron chi connectivity index (χ4n) is 1.66. The van der Waals surface area contributed by atoms with Gasteiger partial charge in [0.15, 0.2) is 5.69 Å². The van der Waals surface area contributed by atoms with Crippen LogP contribution in [0.1, 0.15) is 33.2 Å². The number of rotatable bonds is 7. The molecule has 2 rings (SSSR count). The summed E-state index contributed by atoms with van der Waals surface area (Å²) in [6.45, 7) is 0.279. The van der Waals surface area contributed by atoms with E-state index in [-0.39, 0.29) is 18.1 Å². The van der Waals surface area contributed by atoms with Crippen molar-refractivity contribution in [2.24, 2.45) is 0 Å². The molecular formula is C13H13BrN2O3S2. The second-order valence-electron chi connectivity index (χ2n) is 4.27. The Kier molecular flexibility index (Phi) is 5.89. The Hall–Kier alpha value is -1.25. The molecule has 2 heterocycles. The number of thiophene rings is 1. The first-order valence-electron chi connectivity index (χ1n) is 6.23. The number of aromatic nitrogens is 1. The van der Waals surface area contributed by atoms with Crippen LogP contribution in [-0.4, -0.2) is 22.0 Å². The van der Waals surface area contributed by atoms with E-state index in [9.17, 15) is 9.59 Å². The molecule has 5 nitrogen and oxygen atoms in total. The molecule has 0 unspecified atom stereocenters. The third-order valence-electron chi connectivity index (χ3n) is 2.66. The van der Waals surface area contributed by atoms with E-state index in [1.165, 1.54) is 21.6 Å². The number of carboxylic acid groups (broad SMARTS) is 1. The number of thiazole rings is 1. The number of hydrogen-bond donors (Lipinski definition) is 2. The number of carbonyl (C=O) groups is 2. The smallest absolute Gasteiger partial charge is 0.355 e. The van der Waals surface area contributed by atoms with Crippen molar-refractivity contribution in [3.05, 3.63) is 36.9 Å². The molecule has 0 aliphatic rings. The first kappa shape index (κ1) is 16.1. The number of carboxylic acids is 1. The van der Waals surface area contributed by atoms with Gasteiger partial charge >= 0.3 is 5.97 Å². The van der Waals surface area contributed by atoms with Crippen molar-refractivity contribution < 1.29 is 14.7 Å². The lowest BCUT2D eigenvalue weighted by atomic mass is 10.2. The second-order valence-corrected chi connectivity index (χ2v) is 7.76. The normalized spacial score (nSPS) is 10.5. The van der Waals surface area contributed by atoms with Gasteiger partial charge in [0.25, 0.3) is 0 Å². The molecule has 0 spiro atoms. The Bertz CT molecular complexity index is 639. The van der Waals surface area contributed by atoms with E-state index in [0.29, 0.717) is 11.4 Å². The highest BCUT2D eigenvalue weighted by molar-refractivity contribution is 9.11. The van der Waals surface area contributed by atoms with Gasteiger partial charge in [-0.25, -0.2) is 9.78 Å². The summed E-state index contributed by atoms with van der Waals surface area (Å²) in [5, 5.41) is 13.6. The zero-order valence-electron chi connectivity index (χ0n) is 11.0. The first-order valence-corrected chi connectivity index (χ1v) is 8.72. The van der Waals surface area contributed by atoms with Crippen LogP contribution in [0.4, 0.5) is 0 Å². The van der Waals surface area contributed by atoms with Crippen LogP contribution in [-0.2, 0) is 17.8 Å². The number of nitrogens with zero attached hydrogens (tertiary/aromatic N) is 1. The van der Waals surface area contributed by atoms with Gasteiger partial charge in [-0.1, -0.05) is 0 Å². The topological polar surface area (TPSA) is 79.3 Å². The molecule has 8 heteroatoms. The maximum absolute atomic E-state index is 11.7. The largest absolute Gasteiger partial charge is 0.476 e.